The number of halogens is 2. The SMILES string of the molecule is COc1c(Cl)ccc(Cl)c1C(=O)NCCCN1CCOC1=O. The summed E-state index contributed by atoms with van der Waals surface area (Å²) in [6, 6.07) is 3.11. The highest BCUT2D eigenvalue weighted by Crippen LogP contribution is 2.33. The summed E-state index contributed by atoms with van der Waals surface area (Å²) >= 11 is 12.0. The molecule has 1 aliphatic heterocycles. The van der Waals surface area contributed by atoms with Gasteiger partial charge in [0.15, 0.2) is 5.75 Å². The first-order valence-corrected chi connectivity index (χ1v) is 7.52. The van der Waals surface area contributed by atoms with E-state index in [9.17, 15) is 9.59 Å². The Hall–Kier alpha value is -1.66. The van der Waals surface area contributed by atoms with E-state index in [2.05, 4.69) is 5.32 Å². The van der Waals surface area contributed by atoms with E-state index in [0.29, 0.717) is 37.7 Å². The Kier molecular flexibility index (Phi) is 5.74. The number of nitrogens with zero attached hydrogens (tertiary/aromatic N) is 1. The number of rotatable bonds is 6. The van der Waals surface area contributed by atoms with Crippen LogP contribution >= 0.6 is 23.2 Å². The summed E-state index contributed by atoms with van der Waals surface area (Å²) in [5.74, 6) is -0.122. The molecule has 1 aromatic carbocycles. The van der Waals surface area contributed by atoms with Gasteiger partial charge in [-0.1, -0.05) is 23.2 Å². The van der Waals surface area contributed by atoms with Crippen molar-refractivity contribution >= 4 is 35.2 Å². The summed E-state index contributed by atoms with van der Waals surface area (Å²) in [4.78, 5) is 25.1. The zero-order valence-corrected chi connectivity index (χ0v) is 13.5. The minimum absolute atomic E-state index is 0.206. The Morgan fingerprint density at radius 1 is 1.41 bits per heavy atom. The number of amides is 2. The molecular weight excluding hydrogens is 331 g/mol. The van der Waals surface area contributed by atoms with Crippen molar-refractivity contribution in [3.63, 3.8) is 0 Å². The maximum atomic E-state index is 12.2. The van der Waals surface area contributed by atoms with Crippen LogP contribution in [0.3, 0.4) is 0 Å². The van der Waals surface area contributed by atoms with Crippen LogP contribution in [0.25, 0.3) is 0 Å². The van der Waals surface area contributed by atoms with Crippen LogP contribution in [0, 0.1) is 0 Å². The smallest absolute Gasteiger partial charge is 0.409 e. The normalized spacial score (nSPS) is 14.0. The zero-order valence-electron chi connectivity index (χ0n) is 12.0. The third-order valence-corrected chi connectivity index (χ3v) is 3.84. The standard InChI is InChI=1S/C14H16Cl2N2O4/c1-21-12-10(16)4-3-9(15)11(12)13(19)17-5-2-6-18-7-8-22-14(18)20/h3-4H,2,5-8H2,1H3,(H,17,19). The lowest BCUT2D eigenvalue weighted by Crippen LogP contribution is -2.30. The van der Waals surface area contributed by atoms with E-state index in [-0.39, 0.29) is 28.3 Å². The first-order valence-electron chi connectivity index (χ1n) is 6.76. The fourth-order valence-corrected chi connectivity index (χ4v) is 2.60. The average Bonchev–Trinajstić information content (AvgIpc) is 2.90. The summed E-state index contributed by atoms with van der Waals surface area (Å²) in [5.41, 5.74) is 0.206. The number of nitrogens with one attached hydrogen (secondary N) is 1. The molecule has 1 saturated heterocycles. The van der Waals surface area contributed by atoms with Gasteiger partial charge in [-0.15, -0.1) is 0 Å². The van der Waals surface area contributed by atoms with Crippen molar-refractivity contribution in [2.75, 3.05) is 33.4 Å². The van der Waals surface area contributed by atoms with Gasteiger partial charge < -0.3 is 19.7 Å². The van der Waals surface area contributed by atoms with Crippen molar-refractivity contribution in [3.8, 4) is 5.75 Å². The minimum Gasteiger partial charge on any atom is -0.494 e. The van der Waals surface area contributed by atoms with Gasteiger partial charge in [0.1, 0.15) is 12.2 Å². The zero-order chi connectivity index (χ0) is 16.1. The Balaban J connectivity index is 1.90. The topological polar surface area (TPSA) is 67.9 Å². The molecule has 0 saturated carbocycles. The number of cyclic esters (lactones) is 1. The molecule has 22 heavy (non-hydrogen) atoms. The number of methoxy groups -OCH3 is 1. The molecule has 2 rings (SSSR count). The highest BCUT2D eigenvalue weighted by atomic mass is 35.5. The van der Waals surface area contributed by atoms with Crippen molar-refractivity contribution in [2.45, 2.75) is 6.42 Å². The molecule has 2 amide bonds. The van der Waals surface area contributed by atoms with Crippen LogP contribution in [0.15, 0.2) is 12.1 Å². The maximum Gasteiger partial charge on any atom is 0.409 e. The summed E-state index contributed by atoms with van der Waals surface area (Å²) in [6.07, 6.45) is 0.298. The highest BCUT2D eigenvalue weighted by molar-refractivity contribution is 6.37. The van der Waals surface area contributed by atoms with Crippen LogP contribution in [0.1, 0.15) is 16.8 Å². The summed E-state index contributed by atoms with van der Waals surface area (Å²) < 4.78 is 9.96. The molecule has 0 spiro atoms. The van der Waals surface area contributed by atoms with Gasteiger partial charge in [0.05, 0.1) is 23.7 Å². The molecule has 1 N–H and O–H groups in total. The van der Waals surface area contributed by atoms with Crippen molar-refractivity contribution in [1.82, 2.24) is 10.2 Å². The molecule has 0 aromatic heterocycles. The van der Waals surface area contributed by atoms with Crippen molar-refractivity contribution in [3.05, 3.63) is 27.7 Å². The van der Waals surface area contributed by atoms with Gasteiger partial charge in [0.25, 0.3) is 5.91 Å². The number of hydrogen-bond donors (Lipinski definition) is 1. The molecule has 1 aliphatic rings. The Labute approximate surface area is 138 Å². The molecule has 0 radical (unpaired) electrons. The molecule has 1 heterocycles. The second kappa shape index (κ2) is 7.56. The Morgan fingerprint density at radius 3 is 2.77 bits per heavy atom. The van der Waals surface area contributed by atoms with Crippen LogP contribution in [0.5, 0.6) is 5.75 Å². The fourth-order valence-electron chi connectivity index (χ4n) is 2.13. The van der Waals surface area contributed by atoms with Crippen LogP contribution in [0.4, 0.5) is 4.79 Å². The summed E-state index contributed by atoms with van der Waals surface area (Å²) in [5, 5.41) is 3.32. The van der Waals surface area contributed by atoms with Gasteiger partial charge >= 0.3 is 6.09 Å². The summed E-state index contributed by atoms with van der Waals surface area (Å²) in [6.45, 7) is 1.93. The number of hydrogen-bond acceptors (Lipinski definition) is 4. The third-order valence-electron chi connectivity index (χ3n) is 3.23. The lowest BCUT2D eigenvalue weighted by atomic mass is 10.2. The van der Waals surface area contributed by atoms with Crippen LogP contribution < -0.4 is 10.1 Å². The molecule has 6 nitrogen and oxygen atoms in total. The molecule has 0 unspecified atom stereocenters. The van der Waals surface area contributed by atoms with Gasteiger partial charge in [-0.05, 0) is 18.6 Å². The average molecular weight is 347 g/mol. The Bertz CT molecular complexity index is 580. The van der Waals surface area contributed by atoms with E-state index in [4.69, 9.17) is 32.7 Å². The lowest BCUT2D eigenvalue weighted by molar-refractivity contribution is 0.0949. The quantitative estimate of drug-likeness (QED) is 0.803. The maximum absolute atomic E-state index is 12.2. The molecule has 120 valence electrons. The molecular formula is C14H16Cl2N2O4. The van der Waals surface area contributed by atoms with Gasteiger partial charge in [-0.2, -0.15) is 0 Å². The number of ether oxygens (including phenoxy) is 2. The number of carbonyl (C=O) groups is 2. The number of benzene rings is 1. The summed E-state index contributed by atoms with van der Waals surface area (Å²) in [7, 11) is 1.42. The van der Waals surface area contributed by atoms with E-state index in [0.717, 1.165) is 0 Å². The van der Waals surface area contributed by atoms with E-state index >= 15 is 0 Å². The monoisotopic (exact) mass is 346 g/mol. The lowest BCUT2D eigenvalue weighted by Gasteiger charge is -2.14. The van der Waals surface area contributed by atoms with E-state index in [1.807, 2.05) is 0 Å². The largest absolute Gasteiger partial charge is 0.494 e. The molecule has 0 aliphatic carbocycles. The molecule has 0 bridgehead atoms. The van der Waals surface area contributed by atoms with Crippen molar-refractivity contribution in [1.29, 1.82) is 0 Å². The van der Waals surface area contributed by atoms with Gasteiger partial charge in [0.2, 0.25) is 0 Å². The molecule has 8 heteroatoms. The predicted molar refractivity (Wildman–Crippen MR) is 82.9 cm³/mol. The second-order valence-corrected chi connectivity index (χ2v) is 5.46. The first kappa shape index (κ1) is 16.7. The van der Waals surface area contributed by atoms with Crippen molar-refractivity contribution < 1.29 is 19.1 Å². The molecule has 0 atom stereocenters. The van der Waals surface area contributed by atoms with Crippen LogP contribution in [-0.2, 0) is 4.74 Å². The van der Waals surface area contributed by atoms with E-state index in [1.54, 1.807) is 17.0 Å². The first-order chi connectivity index (χ1) is 10.5. The minimum atomic E-state index is -0.367. The second-order valence-electron chi connectivity index (χ2n) is 4.65. The fraction of sp³-hybridized carbons (Fsp3) is 0.429. The predicted octanol–water partition coefficient (Wildman–Crippen LogP) is 2.57. The van der Waals surface area contributed by atoms with Crippen LogP contribution in [0.2, 0.25) is 10.0 Å². The molecule has 1 fully saturated rings. The third kappa shape index (κ3) is 3.75. The van der Waals surface area contributed by atoms with Gasteiger partial charge in [0, 0.05) is 13.1 Å². The highest BCUT2D eigenvalue weighted by Gasteiger charge is 2.22. The van der Waals surface area contributed by atoms with Crippen molar-refractivity contribution in [2.24, 2.45) is 0 Å². The van der Waals surface area contributed by atoms with Crippen LogP contribution in [-0.4, -0.2) is 50.3 Å². The van der Waals surface area contributed by atoms with Gasteiger partial charge in [-0.25, -0.2) is 4.79 Å². The van der Waals surface area contributed by atoms with Gasteiger partial charge in [-0.3, -0.25) is 4.79 Å². The van der Waals surface area contributed by atoms with E-state index in [1.165, 1.54) is 7.11 Å². The van der Waals surface area contributed by atoms with E-state index < -0.39 is 0 Å². The molecule has 1 aromatic rings. The number of carbonyl (C=O) groups excluding carboxylic acids is 2. The Morgan fingerprint density at radius 2 is 2.14 bits per heavy atom.